The predicted molar refractivity (Wildman–Crippen MR) is 85.3 cm³/mol. The van der Waals surface area contributed by atoms with Crippen LogP contribution in [0.25, 0.3) is 22.2 Å². The summed E-state index contributed by atoms with van der Waals surface area (Å²) in [5.74, 6) is 0.562. The molecule has 0 atom stereocenters. The molecule has 3 nitrogen and oxygen atoms in total. The number of halogens is 1. The first kappa shape index (κ1) is 13.7. The fourth-order valence-corrected chi connectivity index (χ4v) is 2.69. The van der Waals surface area contributed by atoms with E-state index in [1.165, 1.54) is 0 Å². The van der Waals surface area contributed by atoms with Crippen molar-refractivity contribution in [3.05, 3.63) is 54.1 Å². The van der Waals surface area contributed by atoms with Crippen LogP contribution in [0.5, 0.6) is 5.75 Å². The van der Waals surface area contributed by atoms with E-state index in [1.807, 2.05) is 48.5 Å². The van der Waals surface area contributed by atoms with E-state index >= 15 is 0 Å². The number of nitrogens with one attached hydrogen (secondary N) is 1. The van der Waals surface area contributed by atoms with Gasteiger partial charge in [-0.05, 0) is 18.2 Å². The van der Waals surface area contributed by atoms with Gasteiger partial charge in [0.05, 0.1) is 24.2 Å². The lowest BCUT2D eigenvalue weighted by Crippen LogP contribution is -2.02. The van der Waals surface area contributed by atoms with E-state index in [0.717, 1.165) is 22.2 Å². The van der Waals surface area contributed by atoms with E-state index in [9.17, 15) is 4.79 Å². The standard InChI is InChI=1S/C17H14ClNO2/c1-21-15-9-5-3-7-12(15)17-16(14(20)10-18)11-6-2-4-8-13(11)19-17/h2-9,19H,10H2,1H3. The molecule has 1 N–H and O–H groups in total. The van der Waals surface area contributed by atoms with Crippen molar-refractivity contribution >= 4 is 28.3 Å². The topological polar surface area (TPSA) is 42.1 Å². The number of fused-ring (bicyclic) bond motifs is 1. The maximum Gasteiger partial charge on any atom is 0.180 e. The van der Waals surface area contributed by atoms with Gasteiger partial charge in [0, 0.05) is 16.5 Å². The molecule has 1 heterocycles. The number of alkyl halides is 1. The number of para-hydroxylation sites is 2. The third-order valence-electron chi connectivity index (χ3n) is 3.48. The van der Waals surface area contributed by atoms with Crippen LogP contribution in [-0.4, -0.2) is 23.8 Å². The number of H-pyrrole nitrogens is 1. The molecule has 0 amide bonds. The number of hydrogen-bond acceptors (Lipinski definition) is 2. The zero-order valence-electron chi connectivity index (χ0n) is 11.5. The van der Waals surface area contributed by atoms with Crippen molar-refractivity contribution in [3.8, 4) is 17.0 Å². The second-order valence-corrected chi connectivity index (χ2v) is 4.94. The van der Waals surface area contributed by atoms with Gasteiger partial charge in [0.15, 0.2) is 5.78 Å². The van der Waals surface area contributed by atoms with Crippen molar-refractivity contribution in [2.75, 3.05) is 13.0 Å². The summed E-state index contributed by atoms with van der Waals surface area (Å²) in [5.41, 5.74) is 3.13. The van der Waals surface area contributed by atoms with Crippen LogP contribution in [0.15, 0.2) is 48.5 Å². The Bertz CT molecular complexity index is 807. The van der Waals surface area contributed by atoms with Crippen molar-refractivity contribution in [2.24, 2.45) is 0 Å². The van der Waals surface area contributed by atoms with Crippen molar-refractivity contribution < 1.29 is 9.53 Å². The van der Waals surface area contributed by atoms with Crippen molar-refractivity contribution in [3.63, 3.8) is 0 Å². The molecule has 1 aromatic heterocycles. The number of ether oxygens (including phenoxy) is 1. The quantitative estimate of drug-likeness (QED) is 0.577. The Balaban J connectivity index is 2.34. The number of hydrogen-bond donors (Lipinski definition) is 1. The fraction of sp³-hybridized carbons (Fsp3) is 0.118. The minimum atomic E-state index is -0.102. The van der Waals surface area contributed by atoms with Crippen LogP contribution in [0.1, 0.15) is 10.4 Å². The molecule has 106 valence electrons. The van der Waals surface area contributed by atoms with E-state index in [4.69, 9.17) is 16.3 Å². The van der Waals surface area contributed by atoms with Gasteiger partial charge < -0.3 is 9.72 Å². The number of Topliss-reactive ketones (excluding diaryl/α,β-unsaturated/α-hetero) is 1. The Morgan fingerprint density at radius 1 is 1.14 bits per heavy atom. The van der Waals surface area contributed by atoms with Gasteiger partial charge in [-0.1, -0.05) is 30.3 Å². The molecule has 0 fully saturated rings. The Labute approximate surface area is 127 Å². The van der Waals surface area contributed by atoms with Gasteiger partial charge in [-0.15, -0.1) is 11.6 Å². The van der Waals surface area contributed by atoms with Crippen LogP contribution < -0.4 is 4.74 Å². The summed E-state index contributed by atoms with van der Waals surface area (Å²) in [7, 11) is 1.62. The average molecular weight is 300 g/mol. The highest BCUT2D eigenvalue weighted by molar-refractivity contribution is 6.33. The maximum atomic E-state index is 12.3. The Kier molecular flexibility index (Phi) is 3.67. The van der Waals surface area contributed by atoms with Crippen LogP contribution in [-0.2, 0) is 0 Å². The SMILES string of the molecule is COc1ccccc1-c1[nH]c2ccccc2c1C(=O)CCl. The highest BCUT2D eigenvalue weighted by Crippen LogP contribution is 2.35. The van der Waals surface area contributed by atoms with Gasteiger partial charge in [-0.25, -0.2) is 0 Å². The van der Waals surface area contributed by atoms with Gasteiger partial charge in [0.2, 0.25) is 0 Å². The minimum absolute atomic E-state index is 0.0516. The summed E-state index contributed by atoms with van der Waals surface area (Å²) in [6.45, 7) is 0. The van der Waals surface area contributed by atoms with Gasteiger partial charge in [0.25, 0.3) is 0 Å². The molecule has 3 rings (SSSR count). The molecule has 0 unspecified atom stereocenters. The molecule has 0 saturated carbocycles. The normalized spacial score (nSPS) is 10.8. The molecule has 0 aliphatic heterocycles. The van der Waals surface area contributed by atoms with Crippen LogP contribution in [0, 0.1) is 0 Å². The summed E-state index contributed by atoms with van der Waals surface area (Å²) in [5, 5.41) is 0.879. The minimum Gasteiger partial charge on any atom is -0.496 e. The number of aromatic amines is 1. The fourth-order valence-electron chi connectivity index (χ4n) is 2.55. The second kappa shape index (κ2) is 5.62. The smallest absolute Gasteiger partial charge is 0.180 e. The Hall–Kier alpha value is -2.26. The lowest BCUT2D eigenvalue weighted by Gasteiger charge is -2.08. The average Bonchev–Trinajstić information content (AvgIpc) is 2.93. The van der Waals surface area contributed by atoms with Crippen LogP contribution in [0.2, 0.25) is 0 Å². The lowest BCUT2D eigenvalue weighted by molar-refractivity contribution is 0.102. The molecule has 0 aliphatic rings. The molecule has 0 bridgehead atoms. The molecular formula is C17H14ClNO2. The molecule has 0 aliphatic carbocycles. The molecule has 2 aromatic carbocycles. The van der Waals surface area contributed by atoms with Gasteiger partial charge in [0.1, 0.15) is 5.75 Å². The third kappa shape index (κ3) is 2.30. The monoisotopic (exact) mass is 299 g/mol. The van der Waals surface area contributed by atoms with E-state index in [2.05, 4.69) is 4.98 Å². The number of benzene rings is 2. The molecule has 21 heavy (non-hydrogen) atoms. The predicted octanol–water partition coefficient (Wildman–Crippen LogP) is 4.27. The highest BCUT2D eigenvalue weighted by atomic mass is 35.5. The summed E-state index contributed by atoms with van der Waals surface area (Å²) in [6.07, 6.45) is 0. The molecule has 3 aromatic rings. The van der Waals surface area contributed by atoms with Crippen molar-refractivity contribution in [2.45, 2.75) is 0 Å². The Morgan fingerprint density at radius 3 is 2.62 bits per heavy atom. The number of carbonyl (C=O) groups excluding carboxylic acids is 1. The van der Waals surface area contributed by atoms with E-state index in [0.29, 0.717) is 11.3 Å². The maximum absolute atomic E-state index is 12.3. The number of methoxy groups -OCH3 is 1. The largest absolute Gasteiger partial charge is 0.496 e. The highest BCUT2D eigenvalue weighted by Gasteiger charge is 2.20. The molecule has 0 saturated heterocycles. The number of rotatable bonds is 4. The first-order valence-electron chi connectivity index (χ1n) is 6.59. The van der Waals surface area contributed by atoms with Crippen molar-refractivity contribution in [1.82, 2.24) is 4.98 Å². The van der Waals surface area contributed by atoms with Gasteiger partial charge in [-0.3, -0.25) is 4.79 Å². The molecule has 4 heteroatoms. The zero-order chi connectivity index (χ0) is 14.8. The van der Waals surface area contributed by atoms with Crippen LogP contribution in [0.3, 0.4) is 0 Å². The molecule has 0 spiro atoms. The van der Waals surface area contributed by atoms with Gasteiger partial charge in [-0.2, -0.15) is 0 Å². The van der Waals surface area contributed by atoms with Crippen molar-refractivity contribution in [1.29, 1.82) is 0 Å². The number of ketones is 1. The van der Waals surface area contributed by atoms with E-state index in [1.54, 1.807) is 7.11 Å². The molecule has 0 radical (unpaired) electrons. The van der Waals surface area contributed by atoms with Crippen LogP contribution >= 0.6 is 11.6 Å². The first-order chi connectivity index (χ1) is 10.3. The lowest BCUT2D eigenvalue weighted by atomic mass is 10.0. The summed E-state index contributed by atoms with van der Waals surface area (Å²) < 4.78 is 5.40. The summed E-state index contributed by atoms with van der Waals surface area (Å²) in [6, 6.07) is 15.3. The molecular weight excluding hydrogens is 286 g/mol. The third-order valence-corrected chi connectivity index (χ3v) is 3.73. The Morgan fingerprint density at radius 2 is 1.86 bits per heavy atom. The van der Waals surface area contributed by atoms with Crippen LogP contribution in [0.4, 0.5) is 0 Å². The zero-order valence-corrected chi connectivity index (χ0v) is 12.3. The van der Waals surface area contributed by atoms with E-state index < -0.39 is 0 Å². The van der Waals surface area contributed by atoms with E-state index in [-0.39, 0.29) is 11.7 Å². The second-order valence-electron chi connectivity index (χ2n) is 4.68. The first-order valence-corrected chi connectivity index (χ1v) is 7.13. The summed E-state index contributed by atoms with van der Waals surface area (Å²) >= 11 is 5.78. The number of carbonyl (C=O) groups is 1. The summed E-state index contributed by atoms with van der Waals surface area (Å²) in [4.78, 5) is 15.6. The van der Waals surface area contributed by atoms with Gasteiger partial charge >= 0.3 is 0 Å². The number of aromatic nitrogens is 1.